The third-order valence-electron chi connectivity index (χ3n) is 2.00. The first-order valence-corrected chi connectivity index (χ1v) is 7.00. The number of hydrogen-bond donors (Lipinski definition) is 1. The van der Waals surface area contributed by atoms with Gasteiger partial charge in [-0.1, -0.05) is 18.2 Å². The lowest BCUT2D eigenvalue weighted by atomic mass is 10.1. The molecule has 1 aromatic rings. The molecule has 1 rings (SSSR count). The second-order valence-corrected chi connectivity index (χ2v) is 6.72. The molecule has 100 valence electrons. The van der Waals surface area contributed by atoms with Crippen molar-refractivity contribution in [3.05, 3.63) is 39.9 Å². The van der Waals surface area contributed by atoms with Gasteiger partial charge in [0.2, 0.25) is 10.0 Å². The first kappa shape index (κ1) is 14.6. The highest BCUT2D eigenvalue weighted by atomic mass is 32.2. The van der Waals surface area contributed by atoms with Crippen LogP contribution < -0.4 is 4.72 Å². The van der Waals surface area contributed by atoms with Crippen LogP contribution in [-0.2, 0) is 15.8 Å². The standard InChI is InChI=1S/C11H16N2O4S/c1-11(2,3)12-18(16,17)8-9-6-4-5-7-10(9)13(14)15/h4-7,12H,8H2,1-3H3. The fourth-order valence-corrected chi connectivity index (χ4v) is 3.18. The van der Waals surface area contributed by atoms with Crippen LogP contribution in [0, 0.1) is 10.1 Å². The minimum absolute atomic E-state index is 0.180. The van der Waals surface area contributed by atoms with Crippen LogP contribution in [0.1, 0.15) is 26.3 Å². The monoisotopic (exact) mass is 272 g/mol. The van der Waals surface area contributed by atoms with Gasteiger partial charge >= 0.3 is 0 Å². The van der Waals surface area contributed by atoms with Crippen molar-refractivity contribution in [2.45, 2.75) is 32.1 Å². The van der Waals surface area contributed by atoms with Crippen LogP contribution in [0.15, 0.2) is 24.3 Å². The summed E-state index contributed by atoms with van der Waals surface area (Å²) in [6.07, 6.45) is 0. The molecule has 18 heavy (non-hydrogen) atoms. The molecule has 1 N–H and O–H groups in total. The fraction of sp³-hybridized carbons (Fsp3) is 0.455. The van der Waals surface area contributed by atoms with E-state index < -0.39 is 26.2 Å². The Bertz CT molecular complexity index is 546. The second kappa shape index (κ2) is 5.03. The van der Waals surface area contributed by atoms with E-state index in [1.165, 1.54) is 18.2 Å². The molecule has 6 nitrogen and oxygen atoms in total. The Morgan fingerprint density at radius 1 is 1.28 bits per heavy atom. The fourth-order valence-electron chi connectivity index (χ4n) is 1.52. The highest BCUT2D eigenvalue weighted by Gasteiger charge is 2.23. The van der Waals surface area contributed by atoms with E-state index in [1.807, 2.05) is 0 Å². The van der Waals surface area contributed by atoms with Crippen molar-refractivity contribution in [2.24, 2.45) is 0 Å². The van der Waals surface area contributed by atoms with E-state index in [2.05, 4.69) is 4.72 Å². The lowest BCUT2D eigenvalue weighted by Crippen LogP contribution is -2.41. The second-order valence-electron chi connectivity index (χ2n) is 5.00. The average molecular weight is 272 g/mol. The number of nitrogens with zero attached hydrogens (tertiary/aromatic N) is 1. The lowest BCUT2D eigenvalue weighted by Gasteiger charge is -2.20. The van der Waals surface area contributed by atoms with Gasteiger partial charge in [-0.05, 0) is 20.8 Å². The maximum absolute atomic E-state index is 11.9. The minimum Gasteiger partial charge on any atom is -0.258 e. The van der Waals surface area contributed by atoms with Gasteiger partial charge < -0.3 is 0 Å². The van der Waals surface area contributed by atoms with Crippen LogP contribution in [0.3, 0.4) is 0 Å². The Hall–Kier alpha value is -1.47. The predicted molar refractivity (Wildman–Crippen MR) is 68.6 cm³/mol. The third kappa shape index (κ3) is 4.42. The summed E-state index contributed by atoms with van der Waals surface area (Å²) in [6, 6.07) is 5.82. The molecule has 0 fully saturated rings. The van der Waals surface area contributed by atoms with E-state index in [-0.39, 0.29) is 11.3 Å². The average Bonchev–Trinajstić information content (AvgIpc) is 2.13. The van der Waals surface area contributed by atoms with Gasteiger partial charge in [0.05, 0.1) is 10.7 Å². The molecule has 0 heterocycles. The Morgan fingerprint density at radius 3 is 2.33 bits per heavy atom. The first-order valence-electron chi connectivity index (χ1n) is 5.35. The van der Waals surface area contributed by atoms with Gasteiger partial charge in [0.25, 0.3) is 5.69 Å². The van der Waals surface area contributed by atoms with Crippen LogP contribution in [-0.4, -0.2) is 18.9 Å². The van der Waals surface area contributed by atoms with Crippen LogP contribution in [0.2, 0.25) is 0 Å². The molecular weight excluding hydrogens is 256 g/mol. The number of rotatable bonds is 4. The van der Waals surface area contributed by atoms with Crippen molar-refractivity contribution in [3.8, 4) is 0 Å². The molecule has 0 atom stereocenters. The summed E-state index contributed by atoms with van der Waals surface area (Å²) in [7, 11) is -3.60. The molecule has 0 spiro atoms. The number of benzene rings is 1. The van der Waals surface area contributed by atoms with Gasteiger partial charge in [0, 0.05) is 17.2 Å². The predicted octanol–water partition coefficient (Wildman–Crippen LogP) is 1.81. The molecule has 0 radical (unpaired) electrons. The number of para-hydroxylation sites is 1. The highest BCUT2D eigenvalue weighted by molar-refractivity contribution is 7.88. The van der Waals surface area contributed by atoms with Gasteiger partial charge in [-0.15, -0.1) is 0 Å². The first-order chi connectivity index (χ1) is 8.11. The molecule has 0 amide bonds. The zero-order valence-electron chi connectivity index (χ0n) is 10.5. The molecule has 7 heteroatoms. The Morgan fingerprint density at radius 2 is 1.83 bits per heavy atom. The third-order valence-corrected chi connectivity index (χ3v) is 3.61. The van der Waals surface area contributed by atoms with Gasteiger partial charge in [-0.25, -0.2) is 13.1 Å². The number of nitrogens with one attached hydrogen (secondary N) is 1. The SMILES string of the molecule is CC(C)(C)NS(=O)(=O)Cc1ccccc1[N+](=O)[O-]. The molecule has 0 bridgehead atoms. The molecule has 0 aliphatic heterocycles. The maximum atomic E-state index is 11.9. The van der Waals surface area contributed by atoms with Crippen molar-refractivity contribution in [2.75, 3.05) is 0 Å². The zero-order chi connectivity index (χ0) is 14.0. The molecule has 0 saturated carbocycles. The van der Waals surface area contributed by atoms with Gasteiger partial charge in [0.1, 0.15) is 0 Å². The summed E-state index contributed by atoms with van der Waals surface area (Å²) in [5, 5.41) is 10.8. The molecule has 0 saturated heterocycles. The molecule has 0 aliphatic rings. The molecule has 1 aromatic carbocycles. The van der Waals surface area contributed by atoms with Crippen LogP contribution in [0.5, 0.6) is 0 Å². The summed E-state index contributed by atoms with van der Waals surface area (Å²) < 4.78 is 26.2. The van der Waals surface area contributed by atoms with Crippen LogP contribution in [0.25, 0.3) is 0 Å². The molecule has 0 unspecified atom stereocenters. The Kier molecular flexibility index (Phi) is 4.08. The largest absolute Gasteiger partial charge is 0.273 e. The van der Waals surface area contributed by atoms with Crippen LogP contribution >= 0.6 is 0 Å². The van der Waals surface area contributed by atoms with E-state index in [1.54, 1.807) is 26.8 Å². The normalized spacial score (nSPS) is 12.4. The summed E-state index contributed by atoms with van der Waals surface area (Å²) in [5.74, 6) is -0.401. The van der Waals surface area contributed by atoms with Gasteiger partial charge in [-0.2, -0.15) is 0 Å². The van der Waals surface area contributed by atoms with Crippen molar-refractivity contribution in [1.82, 2.24) is 4.72 Å². The summed E-state index contributed by atoms with van der Waals surface area (Å²) in [5.41, 5.74) is -0.612. The van der Waals surface area contributed by atoms with E-state index in [9.17, 15) is 18.5 Å². The van der Waals surface area contributed by atoms with E-state index >= 15 is 0 Å². The Balaban J connectivity index is 3.02. The van der Waals surface area contributed by atoms with Crippen molar-refractivity contribution in [3.63, 3.8) is 0 Å². The number of hydrogen-bond acceptors (Lipinski definition) is 4. The number of nitro groups is 1. The molecular formula is C11H16N2O4S. The van der Waals surface area contributed by atoms with Crippen molar-refractivity contribution in [1.29, 1.82) is 0 Å². The molecule has 0 aromatic heterocycles. The zero-order valence-corrected chi connectivity index (χ0v) is 11.3. The van der Waals surface area contributed by atoms with Gasteiger partial charge in [0.15, 0.2) is 0 Å². The van der Waals surface area contributed by atoms with E-state index in [0.29, 0.717) is 0 Å². The van der Waals surface area contributed by atoms with E-state index in [4.69, 9.17) is 0 Å². The van der Waals surface area contributed by atoms with Crippen molar-refractivity contribution >= 4 is 15.7 Å². The highest BCUT2D eigenvalue weighted by Crippen LogP contribution is 2.20. The van der Waals surface area contributed by atoms with E-state index in [0.717, 1.165) is 0 Å². The van der Waals surface area contributed by atoms with Crippen molar-refractivity contribution < 1.29 is 13.3 Å². The number of nitro benzene ring substituents is 1. The summed E-state index contributed by atoms with van der Waals surface area (Å²) in [6.45, 7) is 5.14. The Labute approximate surface area is 106 Å². The maximum Gasteiger partial charge on any atom is 0.273 e. The molecule has 0 aliphatic carbocycles. The summed E-state index contributed by atoms with van der Waals surface area (Å²) >= 11 is 0. The number of sulfonamides is 1. The lowest BCUT2D eigenvalue weighted by molar-refractivity contribution is -0.385. The van der Waals surface area contributed by atoms with Gasteiger partial charge in [-0.3, -0.25) is 10.1 Å². The smallest absolute Gasteiger partial charge is 0.258 e. The van der Waals surface area contributed by atoms with Crippen LogP contribution in [0.4, 0.5) is 5.69 Å². The summed E-state index contributed by atoms with van der Waals surface area (Å²) in [4.78, 5) is 10.2. The minimum atomic E-state index is -3.60. The topological polar surface area (TPSA) is 89.3 Å². The quantitative estimate of drug-likeness (QED) is 0.668.